The fraction of sp³-hybridized carbons (Fsp3) is 0.417. The van der Waals surface area contributed by atoms with Gasteiger partial charge in [-0.2, -0.15) is 15.8 Å². The van der Waals surface area contributed by atoms with Gasteiger partial charge in [-0.25, -0.2) is 0 Å². The molecule has 1 aromatic rings. The number of fused-ring (bicyclic) bond motifs is 4. The van der Waals surface area contributed by atoms with Gasteiger partial charge in [0.15, 0.2) is 0 Å². The summed E-state index contributed by atoms with van der Waals surface area (Å²) in [6.07, 6.45) is 4.08. The van der Waals surface area contributed by atoms with E-state index in [0.29, 0.717) is 24.1 Å². The van der Waals surface area contributed by atoms with E-state index in [4.69, 9.17) is 5.73 Å². The Morgan fingerprint density at radius 1 is 1.23 bits per heavy atom. The fourth-order valence-corrected chi connectivity index (χ4v) is 5.67. The third-order valence-electron chi connectivity index (χ3n) is 6.93. The van der Waals surface area contributed by atoms with Gasteiger partial charge in [-0.1, -0.05) is 38.1 Å². The van der Waals surface area contributed by atoms with E-state index in [1.807, 2.05) is 37.3 Å². The van der Waals surface area contributed by atoms with Gasteiger partial charge in [0.1, 0.15) is 11.5 Å². The van der Waals surface area contributed by atoms with Crippen molar-refractivity contribution in [1.82, 2.24) is 0 Å². The molecule has 0 bridgehead atoms. The van der Waals surface area contributed by atoms with Crippen molar-refractivity contribution >= 4 is 11.6 Å². The molecule has 6 nitrogen and oxygen atoms in total. The summed E-state index contributed by atoms with van der Waals surface area (Å²) < 4.78 is 0. The van der Waals surface area contributed by atoms with Crippen molar-refractivity contribution in [2.75, 3.05) is 11.4 Å². The maximum atomic E-state index is 14.2. The molecule has 30 heavy (non-hydrogen) atoms. The van der Waals surface area contributed by atoms with Crippen molar-refractivity contribution in [3.05, 3.63) is 52.7 Å². The molecular weight excluding hydrogens is 374 g/mol. The van der Waals surface area contributed by atoms with Crippen LogP contribution in [0.2, 0.25) is 0 Å². The van der Waals surface area contributed by atoms with Gasteiger partial charge in [-0.15, -0.1) is 0 Å². The molecule has 2 N–H and O–H groups in total. The molecule has 0 unspecified atom stereocenters. The van der Waals surface area contributed by atoms with Gasteiger partial charge in [0.05, 0.1) is 23.4 Å². The van der Waals surface area contributed by atoms with Gasteiger partial charge in [0.25, 0.3) is 0 Å². The first-order valence-corrected chi connectivity index (χ1v) is 10.3. The van der Waals surface area contributed by atoms with Crippen LogP contribution in [0, 0.1) is 51.2 Å². The van der Waals surface area contributed by atoms with Gasteiger partial charge >= 0.3 is 0 Å². The van der Waals surface area contributed by atoms with Crippen molar-refractivity contribution in [1.29, 1.82) is 15.8 Å². The standard InChI is InChI=1S/C24H23N5O/c1-3-10-29-20-7-5-4-6-18(20)24(22(29)30)19-11-15(2)8-9-16(19)17(12-25)21(28)23(24,13-26)14-27/h4-7,9,15,19H,3,8,10-11,28H2,1-2H3/t15-,19+,24-/m1/s1. The number of para-hydroxylation sites is 1. The third-order valence-corrected chi connectivity index (χ3v) is 6.93. The molecular formula is C24H23N5O. The summed E-state index contributed by atoms with van der Waals surface area (Å²) in [5.74, 6) is -0.471. The van der Waals surface area contributed by atoms with Crippen LogP contribution >= 0.6 is 0 Å². The molecule has 0 saturated heterocycles. The molecule has 1 heterocycles. The maximum absolute atomic E-state index is 14.2. The molecule has 1 amide bonds. The van der Waals surface area contributed by atoms with E-state index in [-0.39, 0.29) is 23.1 Å². The van der Waals surface area contributed by atoms with Crippen molar-refractivity contribution in [3.63, 3.8) is 0 Å². The molecule has 0 radical (unpaired) electrons. The first-order valence-electron chi connectivity index (χ1n) is 10.3. The van der Waals surface area contributed by atoms with Crippen LogP contribution < -0.4 is 10.6 Å². The average Bonchev–Trinajstić information content (AvgIpc) is 3.00. The molecule has 3 aliphatic rings. The number of anilines is 1. The lowest BCUT2D eigenvalue weighted by Gasteiger charge is -2.50. The highest BCUT2D eigenvalue weighted by molar-refractivity contribution is 6.11. The summed E-state index contributed by atoms with van der Waals surface area (Å²) in [7, 11) is 0. The Morgan fingerprint density at radius 3 is 2.57 bits per heavy atom. The number of nitriles is 3. The quantitative estimate of drug-likeness (QED) is 0.820. The first kappa shape index (κ1) is 19.7. The van der Waals surface area contributed by atoms with Crippen molar-refractivity contribution in [2.24, 2.45) is 23.0 Å². The second-order valence-electron chi connectivity index (χ2n) is 8.44. The number of nitrogens with zero attached hydrogens (tertiary/aromatic N) is 4. The topological polar surface area (TPSA) is 118 Å². The number of amides is 1. The minimum Gasteiger partial charge on any atom is -0.399 e. The monoisotopic (exact) mass is 397 g/mol. The highest BCUT2D eigenvalue weighted by Gasteiger charge is 2.72. The number of hydrogen-bond donors (Lipinski definition) is 1. The Labute approximate surface area is 176 Å². The summed E-state index contributed by atoms with van der Waals surface area (Å²) in [6, 6.07) is 13.8. The Balaban J connectivity index is 2.18. The summed E-state index contributed by atoms with van der Waals surface area (Å²) in [6.45, 7) is 4.56. The van der Waals surface area contributed by atoms with E-state index in [9.17, 15) is 20.6 Å². The molecule has 1 aromatic carbocycles. The number of allylic oxidation sites excluding steroid dienone is 4. The average molecular weight is 397 g/mol. The van der Waals surface area contributed by atoms with E-state index in [2.05, 4.69) is 25.1 Å². The first-order chi connectivity index (χ1) is 14.4. The summed E-state index contributed by atoms with van der Waals surface area (Å²) in [4.78, 5) is 15.9. The number of carbonyl (C=O) groups is 1. The fourth-order valence-electron chi connectivity index (χ4n) is 5.67. The van der Waals surface area contributed by atoms with E-state index >= 15 is 0 Å². The smallest absolute Gasteiger partial charge is 0.241 e. The minimum absolute atomic E-state index is 0.103. The van der Waals surface area contributed by atoms with Crippen LogP contribution in [0.1, 0.15) is 38.7 Å². The lowest BCUT2D eigenvalue weighted by atomic mass is 9.47. The zero-order valence-electron chi connectivity index (χ0n) is 17.1. The lowest BCUT2D eigenvalue weighted by molar-refractivity contribution is -0.127. The molecule has 0 saturated carbocycles. The number of hydrogen-bond acceptors (Lipinski definition) is 5. The normalized spacial score (nSPS) is 28.8. The summed E-state index contributed by atoms with van der Waals surface area (Å²) >= 11 is 0. The second-order valence-corrected chi connectivity index (χ2v) is 8.44. The van der Waals surface area contributed by atoms with E-state index in [1.54, 1.807) is 4.90 Å². The largest absolute Gasteiger partial charge is 0.399 e. The van der Waals surface area contributed by atoms with Crippen molar-refractivity contribution in [2.45, 2.75) is 38.5 Å². The van der Waals surface area contributed by atoms with Crippen molar-refractivity contribution in [3.8, 4) is 18.2 Å². The van der Waals surface area contributed by atoms with Gasteiger partial charge in [0.2, 0.25) is 11.3 Å². The zero-order chi connectivity index (χ0) is 21.7. The SMILES string of the molecule is CCCN1C(=O)[C@@]2(c3ccccc31)[C@H]1C[C@H](C)CC=C1C(C#N)=C(N)C2(C#N)C#N. The Bertz CT molecular complexity index is 1110. The van der Waals surface area contributed by atoms with Crippen LogP contribution in [0.15, 0.2) is 47.2 Å². The second kappa shape index (κ2) is 6.75. The van der Waals surface area contributed by atoms with Gasteiger partial charge in [-0.05, 0) is 42.4 Å². The Hall–Kier alpha value is -3.56. The predicted molar refractivity (Wildman–Crippen MR) is 111 cm³/mol. The maximum Gasteiger partial charge on any atom is 0.241 e. The summed E-state index contributed by atoms with van der Waals surface area (Å²) in [5, 5.41) is 30.6. The minimum atomic E-state index is -1.95. The van der Waals surface area contributed by atoms with E-state index in [1.165, 1.54) is 0 Å². The Kier molecular flexibility index (Phi) is 4.44. The number of benzene rings is 1. The van der Waals surface area contributed by atoms with Crippen LogP contribution in [0.5, 0.6) is 0 Å². The van der Waals surface area contributed by atoms with Crippen molar-refractivity contribution < 1.29 is 4.79 Å². The molecule has 3 atom stereocenters. The van der Waals surface area contributed by atoms with Crippen LogP contribution in [0.25, 0.3) is 0 Å². The molecule has 1 aliphatic heterocycles. The Morgan fingerprint density at radius 2 is 1.93 bits per heavy atom. The van der Waals surface area contributed by atoms with E-state index in [0.717, 1.165) is 18.5 Å². The molecule has 6 heteroatoms. The molecule has 4 rings (SSSR count). The molecule has 150 valence electrons. The zero-order valence-corrected chi connectivity index (χ0v) is 17.1. The van der Waals surface area contributed by atoms with Crippen LogP contribution in [-0.2, 0) is 10.2 Å². The van der Waals surface area contributed by atoms with Gasteiger partial charge in [-0.3, -0.25) is 4.79 Å². The molecule has 1 spiro atoms. The molecule has 2 aliphatic carbocycles. The van der Waals surface area contributed by atoms with Gasteiger partial charge in [0, 0.05) is 18.2 Å². The number of nitrogens with two attached hydrogens (primary N) is 1. The summed E-state index contributed by atoms with van der Waals surface area (Å²) in [5.41, 5.74) is 5.18. The number of rotatable bonds is 2. The van der Waals surface area contributed by atoms with Crippen LogP contribution in [0.4, 0.5) is 5.69 Å². The van der Waals surface area contributed by atoms with E-state index < -0.39 is 16.7 Å². The predicted octanol–water partition coefficient (Wildman–Crippen LogP) is 3.44. The lowest BCUT2D eigenvalue weighted by Crippen LogP contribution is -2.61. The molecule has 0 fully saturated rings. The van der Waals surface area contributed by atoms with Crippen LogP contribution in [-0.4, -0.2) is 12.5 Å². The highest BCUT2D eigenvalue weighted by atomic mass is 16.2. The van der Waals surface area contributed by atoms with Gasteiger partial charge < -0.3 is 10.6 Å². The highest BCUT2D eigenvalue weighted by Crippen LogP contribution is 2.64. The van der Waals surface area contributed by atoms with Crippen LogP contribution in [0.3, 0.4) is 0 Å². The third kappa shape index (κ3) is 2.08. The molecule has 0 aromatic heterocycles. The number of carbonyl (C=O) groups excluding carboxylic acids is 1.